The monoisotopic (exact) mass is 303 g/mol. The Bertz CT molecular complexity index is 527. The van der Waals surface area contributed by atoms with Crippen molar-refractivity contribution < 1.29 is 9.53 Å². The summed E-state index contributed by atoms with van der Waals surface area (Å²) < 4.78 is 5.23. The summed E-state index contributed by atoms with van der Waals surface area (Å²) in [6.45, 7) is 0.377. The van der Waals surface area contributed by atoms with Crippen molar-refractivity contribution >= 4 is 17.7 Å². The van der Waals surface area contributed by atoms with Crippen LogP contribution in [0.25, 0.3) is 0 Å². The number of nitrogens with one attached hydrogen (secondary N) is 1. The maximum atomic E-state index is 11.7. The average Bonchev–Trinajstić information content (AvgIpc) is 3.03. The Morgan fingerprint density at radius 3 is 2.90 bits per heavy atom. The van der Waals surface area contributed by atoms with Gasteiger partial charge in [-0.15, -0.1) is 11.8 Å². The summed E-state index contributed by atoms with van der Waals surface area (Å²) in [7, 11) is 1.63. The zero-order chi connectivity index (χ0) is 14.9. The van der Waals surface area contributed by atoms with Crippen LogP contribution in [0.3, 0.4) is 0 Å². The Morgan fingerprint density at radius 2 is 2.14 bits per heavy atom. The number of hydrogen-bond acceptors (Lipinski definition) is 3. The van der Waals surface area contributed by atoms with Gasteiger partial charge in [-0.3, -0.25) is 4.79 Å². The number of para-hydroxylation sites is 1. The number of benzene rings is 1. The molecule has 0 unspecified atom stereocenters. The second kappa shape index (κ2) is 8.63. The molecule has 4 heteroatoms. The highest BCUT2D eigenvalue weighted by Gasteiger charge is 2.16. The highest BCUT2D eigenvalue weighted by Crippen LogP contribution is 2.28. The summed E-state index contributed by atoms with van der Waals surface area (Å²) in [5.41, 5.74) is 0.842. The van der Waals surface area contributed by atoms with Crippen LogP contribution in [0.4, 0.5) is 0 Å². The van der Waals surface area contributed by atoms with Gasteiger partial charge in [-0.2, -0.15) is 0 Å². The molecule has 0 spiro atoms. The molecule has 0 aliphatic heterocycles. The fraction of sp³-hybridized carbons (Fsp3) is 0.471. The molecule has 1 N–H and O–H groups in total. The quantitative estimate of drug-likeness (QED) is 0.850. The van der Waals surface area contributed by atoms with E-state index in [9.17, 15) is 4.79 Å². The predicted octanol–water partition coefficient (Wildman–Crippen LogP) is 2.84. The van der Waals surface area contributed by atoms with Crippen molar-refractivity contribution in [2.75, 3.05) is 19.4 Å². The SMILES string of the molecule is COc1ccccc1C#CCNC(=O)CSC1CCCC1. The number of rotatable bonds is 5. The van der Waals surface area contributed by atoms with Crippen molar-refractivity contribution in [3.63, 3.8) is 0 Å². The zero-order valence-corrected chi connectivity index (χ0v) is 13.2. The van der Waals surface area contributed by atoms with Crippen LogP contribution in [0.5, 0.6) is 5.75 Å². The van der Waals surface area contributed by atoms with Gasteiger partial charge >= 0.3 is 0 Å². The molecular formula is C17H21NO2S. The minimum atomic E-state index is 0.0706. The van der Waals surface area contributed by atoms with Crippen molar-refractivity contribution in [3.8, 4) is 17.6 Å². The molecule has 21 heavy (non-hydrogen) atoms. The van der Waals surface area contributed by atoms with Gasteiger partial charge in [-0.1, -0.05) is 36.8 Å². The molecule has 1 aromatic carbocycles. The first-order chi connectivity index (χ1) is 10.3. The molecule has 3 nitrogen and oxygen atoms in total. The fourth-order valence-corrected chi connectivity index (χ4v) is 3.49. The maximum Gasteiger partial charge on any atom is 0.230 e. The van der Waals surface area contributed by atoms with Crippen LogP contribution < -0.4 is 10.1 Å². The summed E-state index contributed by atoms with van der Waals surface area (Å²) in [5.74, 6) is 7.36. The summed E-state index contributed by atoms with van der Waals surface area (Å²) in [6, 6.07) is 7.61. The second-order valence-corrected chi connectivity index (χ2v) is 6.28. The number of methoxy groups -OCH3 is 1. The molecule has 0 radical (unpaired) electrons. The number of hydrogen-bond donors (Lipinski definition) is 1. The first kappa shape index (κ1) is 15.8. The molecule has 1 aromatic rings. The Balaban J connectivity index is 1.71. The minimum absolute atomic E-state index is 0.0706. The summed E-state index contributed by atoms with van der Waals surface area (Å²) in [4.78, 5) is 11.7. The molecule has 0 aromatic heterocycles. The normalized spacial score (nSPS) is 14.3. The van der Waals surface area contributed by atoms with E-state index in [0.717, 1.165) is 11.3 Å². The third-order valence-electron chi connectivity index (χ3n) is 3.46. The summed E-state index contributed by atoms with van der Waals surface area (Å²) in [6.07, 6.45) is 5.13. The molecule has 0 bridgehead atoms. The molecular weight excluding hydrogens is 282 g/mol. The van der Waals surface area contributed by atoms with E-state index in [-0.39, 0.29) is 5.91 Å². The van der Waals surface area contributed by atoms with Crippen molar-refractivity contribution in [1.29, 1.82) is 0 Å². The zero-order valence-electron chi connectivity index (χ0n) is 12.4. The van der Waals surface area contributed by atoms with Gasteiger partial charge in [0.15, 0.2) is 0 Å². The first-order valence-corrected chi connectivity index (χ1v) is 8.34. The van der Waals surface area contributed by atoms with Crippen LogP contribution in [0, 0.1) is 11.8 Å². The lowest BCUT2D eigenvalue weighted by Crippen LogP contribution is -2.26. The van der Waals surface area contributed by atoms with Crippen molar-refractivity contribution in [2.45, 2.75) is 30.9 Å². The lowest BCUT2D eigenvalue weighted by Gasteiger charge is -2.07. The van der Waals surface area contributed by atoms with Gasteiger partial charge in [0, 0.05) is 5.25 Å². The lowest BCUT2D eigenvalue weighted by molar-refractivity contribution is -0.118. The number of carbonyl (C=O) groups is 1. The molecule has 1 amide bonds. The van der Waals surface area contributed by atoms with Crippen LogP contribution in [0.15, 0.2) is 24.3 Å². The van der Waals surface area contributed by atoms with Gasteiger partial charge in [-0.25, -0.2) is 0 Å². The van der Waals surface area contributed by atoms with E-state index in [0.29, 0.717) is 17.5 Å². The Kier molecular flexibility index (Phi) is 6.49. The van der Waals surface area contributed by atoms with E-state index in [1.54, 1.807) is 18.9 Å². The van der Waals surface area contributed by atoms with Gasteiger partial charge in [0.05, 0.1) is 25.0 Å². The predicted molar refractivity (Wildman–Crippen MR) is 87.6 cm³/mol. The maximum absolute atomic E-state index is 11.7. The fourth-order valence-electron chi connectivity index (χ4n) is 2.33. The van der Waals surface area contributed by atoms with Gasteiger partial charge < -0.3 is 10.1 Å². The van der Waals surface area contributed by atoms with Crippen LogP contribution >= 0.6 is 11.8 Å². The Hall–Kier alpha value is -1.60. The highest BCUT2D eigenvalue weighted by atomic mass is 32.2. The van der Waals surface area contributed by atoms with E-state index in [1.165, 1.54) is 25.7 Å². The van der Waals surface area contributed by atoms with E-state index >= 15 is 0 Å². The summed E-state index contributed by atoms with van der Waals surface area (Å²) >= 11 is 1.77. The highest BCUT2D eigenvalue weighted by molar-refractivity contribution is 8.00. The van der Waals surface area contributed by atoms with Gasteiger partial charge in [0.1, 0.15) is 5.75 Å². The standard InChI is InChI=1S/C17H21NO2S/c1-20-16-11-5-2-7-14(16)8-6-12-18-17(19)13-21-15-9-3-4-10-15/h2,5,7,11,15H,3-4,9-10,12-13H2,1H3,(H,18,19). The number of amides is 1. The Labute approximate surface area is 130 Å². The Morgan fingerprint density at radius 1 is 1.38 bits per heavy atom. The van der Waals surface area contributed by atoms with Crippen LogP contribution in [-0.2, 0) is 4.79 Å². The topological polar surface area (TPSA) is 38.3 Å². The molecule has 1 saturated carbocycles. The smallest absolute Gasteiger partial charge is 0.230 e. The summed E-state index contributed by atoms with van der Waals surface area (Å²) in [5, 5.41) is 3.52. The lowest BCUT2D eigenvalue weighted by atomic mass is 10.2. The molecule has 1 aliphatic carbocycles. The average molecular weight is 303 g/mol. The van der Waals surface area contributed by atoms with E-state index < -0.39 is 0 Å². The molecule has 1 fully saturated rings. The van der Waals surface area contributed by atoms with E-state index in [1.807, 2.05) is 24.3 Å². The number of ether oxygens (including phenoxy) is 1. The third-order valence-corrected chi connectivity index (χ3v) is 4.83. The van der Waals surface area contributed by atoms with Crippen LogP contribution in [0.2, 0.25) is 0 Å². The first-order valence-electron chi connectivity index (χ1n) is 7.30. The molecule has 2 rings (SSSR count). The van der Waals surface area contributed by atoms with Crippen LogP contribution in [0.1, 0.15) is 31.2 Å². The number of carbonyl (C=O) groups excluding carboxylic acids is 1. The molecule has 0 saturated heterocycles. The van der Waals surface area contributed by atoms with Gasteiger partial charge in [-0.05, 0) is 25.0 Å². The van der Waals surface area contributed by atoms with Crippen LogP contribution in [-0.4, -0.2) is 30.6 Å². The largest absolute Gasteiger partial charge is 0.495 e. The molecule has 112 valence electrons. The molecule has 0 heterocycles. The van der Waals surface area contributed by atoms with Crippen molar-refractivity contribution in [1.82, 2.24) is 5.32 Å². The molecule has 0 atom stereocenters. The van der Waals surface area contributed by atoms with Crippen molar-refractivity contribution in [3.05, 3.63) is 29.8 Å². The number of thioether (sulfide) groups is 1. The third kappa shape index (κ3) is 5.35. The van der Waals surface area contributed by atoms with Gasteiger partial charge in [0.2, 0.25) is 5.91 Å². The van der Waals surface area contributed by atoms with E-state index in [2.05, 4.69) is 17.2 Å². The van der Waals surface area contributed by atoms with E-state index in [4.69, 9.17) is 4.74 Å². The van der Waals surface area contributed by atoms with Crippen molar-refractivity contribution in [2.24, 2.45) is 0 Å². The minimum Gasteiger partial charge on any atom is -0.495 e. The van der Waals surface area contributed by atoms with Gasteiger partial charge in [0.25, 0.3) is 0 Å². The molecule has 1 aliphatic rings. The second-order valence-electron chi connectivity index (χ2n) is 5.00.